The molecule has 11 heteroatoms. The number of halogens is 3. The predicted octanol–water partition coefficient (Wildman–Crippen LogP) is 4.88. The summed E-state index contributed by atoms with van der Waals surface area (Å²) < 4.78 is 67.0. The lowest BCUT2D eigenvalue weighted by atomic mass is 10.1. The highest BCUT2D eigenvalue weighted by molar-refractivity contribution is 7.89. The average Bonchev–Trinajstić information content (AvgIpc) is 3.43. The molecule has 0 radical (unpaired) electrons. The third-order valence-corrected chi connectivity index (χ3v) is 7.75. The monoisotopic (exact) mass is 491 g/mol. The molecule has 4 rings (SSSR count). The minimum absolute atomic E-state index is 0.124. The summed E-state index contributed by atoms with van der Waals surface area (Å²) in [5.41, 5.74) is 2.97. The van der Waals surface area contributed by atoms with Crippen molar-refractivity contribution < 1.29 is 21.6 Å². The number of nitriles is 1. The molecule has 180 valence electrons. The summed E-state index contributed by atoms with van der Waals surface area (Å²) in [6, 6.07) is 4.71. The van der Waals surface area contributed by atoms with E-state index in [9.17, 15) is 26.9 Å². The van der Waals surface area contributed by atoms with Gasteiger partial charge < -0.3 is 4.57 Å². The van der Waals surface area contributed by atoms with Gasteiger partial charge in [0.25, 0.3) is 0 Å². The van der Waals surface area contributed by atoms with Crippen LogP contribution < -0.4 is 4.72 Å². The van der Waals surface area contributed by atoms with Crippen molar-refractivity contribution >= 4 is 21.1 Å². The predicted molar refractivity (Wildman–Crippen MR) is 120 cm³/mol. The summed E-state index contributed by atoms with van der Waals surface area (Å²) >= 11 is 0. The first-order valence-corrected chi connectivity index (χ1v) is 12.5. The molecule has 34 heavy (non-hydrogen) atoms. The zero-order valence-corrected chi connectivity index (χ0v) is 19.5. The standard InChI is InChI=1S/C23H24F3N5O2S/c1-3-15-10-18-19(11-27)21(31(22(18)29-12-15)16-6-4-5-7-16)20-9-8-17(13-28-20)34(32,33)30-14(2)23(24,25)26/h8-10,12-14,16,30H,3-7H2,1-2H3. The van der Waals surface area contributed by atoms with Crippen LogP contribution in [0.3, 0.4) is 0 Å². The molecule has 0 aromatic carbocycles. The van der Waals surface area contributed by atoms with E-state index in [1.165, 1.54) is 12.1 Å². The maximum absolute atomic E-state index is 12.8. The van der Waals surface area contributed by atoms with Crippen LogP contribution in [0.25, 0.3) is 22.4 Å². The highest BCUT2D eigenvalue weighted by Gasteiger charge is 2.39. The molecule has 1 aliphatic rings. The Morgan fingerprint density at radius 2 is 1.94 bits per heavy atom. The van der Waals surface area contributed by atoms with E-state index < -0.39 is 22.2 Å². The summed E-state index contributed by atoms with van der Waals surface area (Å²) in [4.78, 5) is 8.51. The Morgan fingerprint density at radius 3 is 2.50 bits per heavy atom. The number of hydrogen-bond acceptors (Lipinski definition) is 5. The van der Waals surface area contributed by atoms with Crippen molar-refractivity contribution in [1.29, 1.82) is 5.26 Å². The molecule has 0 bridgehead atoms. The molecule has 1 fully saturated rings. The average molecular weight is 492 g/mol. The Labute approximate surface area is 195 Å². The molecule has 0 aliphatic heterocycles. The van der Waals surface area contributed by atoms with Gasteiger partial charge in [0.1, 0.15) is 22.7 Å². The molecule has 1 N–H and O–H groups in total. The van der Waals surface area contributed by atoms with Crippen molar-refractivity contribution in [3.05, 3.63) is 41.7 Å². The molecule has 1 aliphatic carbocycles. The van der Waals surface area contributed by atoms with Crippen LogP contribution >= 0.6 is 0 Å². The number of nitrogens with zero attached hydrogens (tertiary/aromatic N) is 4. The van der Waals surface area contributed by atoms with Crippen LogP contribution in [0.1, 0.15) is 56.7 Å². The number of pyridine rings is 2. The molecule has 0 amide bonds. The Hall–Kier alpha value is -2.97. The van der Waals surface area contributed by atoms with Crippen molar-refractivity contribution in [1.82, 2.24) is 19.3 Å². The normalized spacial score (nSPS) is 16.1. The Balaban J connectivity index is 1.82. The van der Waals surface area contributed by atoms with Crippen LogP contribution in [0.5, 0.6) is 0 Å². The van der Waals surface area contributed by atoms with Crippen LogP contribution in [0.4, 0.5) is 13.2 Å². The number of hydrogen-bond donors (Lipinski definition) is 1. The first-order valence-electron chi connectivity index (χ1n) is 11.0. The first kappa shape index (κ1) is 24.2. The maximum Gasteiger partial charge on any atom is 0.404 e. The minimum Gasteiger partial charge on any atom is -0.320 e. The smallest absolute Gasteiger partial charge is 0.320 e. The number of sulfonamides is 1. The molecule has 3 heterocycles. The van der Waals surface area contributed by atoms with Gasteiger partial charge in [0.2, 0.25) is 10.0 Å². The number of fused-ring (bicyclic) bond motifs is 1. The lowest BCUT2D eigenvalue weighted by Crippen LogP contribution is -2.42. The highest BCUT2D eigenvalue weighted by Crippen LogP contribution is 2.40. The summed E-state index contributed by atoms with van der Waals surface area (Å²) in [5.74, 6) is 0. The molecule has 1 unspecified atom stereocenters. The summed E-state index contributed by atoms with van der Waals surface area (Å²) in [6.45, 7) is 2.73. The minimum atomic E-state index is -4.71. The summed E-state index contributed by atoms with van der Waals surface area (Å²) in [6.07, 6.45) is 2.79. The zero-order valence-electron chi connectivity index (χ0n) is 18.7. The fourth-order valence-corrected chi connectivity index (χ4v) is 5.53. The largest absolute Gasteiger partial charge is 0.404 e. The topological polar surface area (TPSA) is 101 Å². The summed E-state index contributed by atoms with van der Waals surface area (Å²) in [7, 11) is -4.43. The van der Waals surface area contributed by atoms with E-state index in [-0.39, 0.29) is 10.9 Å². The molecule has 3 aromatic rings. The van der Waals surface area contributed by atoms with Crippen molar-refractivity contribution in [2.75, 3.05) is 0 Å². The number of rotatable bonds is 6. The van der Waals surface area contributed by atoms with E-state index in [1.807, 2.05) is 17.6 Å². The third-order valence-electron chi connectivity index (χ3n) is 6.22. The van der Waals surface area contributed by atoms with Gasteiger partial charge in [-0.25, -0.2) is 13.4 Å². The molecule has 1 saturated carbocycles. The van der Waals surface area contributed by atoms with Crippen LogP contribution in [-0.4, -0.2) is 35.2 Å². The fourth-order valence-electron chi connectivity index (χ4n) is 4.35. The molecule has 0 spiro atoms. The molecular formula is C23H24F3N5O2S. The second kappa shape index (κ2) is 9.00. The van der Waals surface area contributed by atoms with Gasteiger partial charge in [-0.2, -0.15) is 23.2 Å². The van der Waals surface area contributed by atoms with Crippen molar-refractivity contribution in [2.45, 2.75) is 69.1 Å². The number of alkyl halides is 3. The SMILES string of the molecule is CCc1cnc2c(c1)c(C#N)c(-c1ccc(S(=O)(=O)NC(C)C(F)(F)F)cn1)n2C1CCCC1. The van der Waals surface area contributed by atoms with E-state index in [0.29, 0.717) is 28.0 Å². The van der Waals surface area contributed by atoms with E-state index >= 15 is 0 Å². The van der Waals surface area contributed by atoms with Gasteiger partial charge in [-0.05, 0) is 49.9 Å². The highest BCUT2D eigenvalue weighted by atomic mass is 32.2. The van der Waals surface area contributed by atoms with Gasteiger partial charge in [0, 0.05) is 23.8 Å². The van der Waals surface area contributed by atoms with E-state index in [1.54, 1.807) is 10.9 Å². The maximum atomic E-state index is 12.8. The van der Waals surface area contributed by atoms with Crippen molar-refractivity contribution in [2.24, 2.45) is 0 Å². The van der Waals surface area contributed by atoms with Crippen LogP contribution in [-0.2, 0) is 16.4 Å². The lowest BCUT2D eigenvalue weighted by Gasteiger charge is -2.18. The lowest BCUT2D eigenvalue weighted by molar-refractivity contribution is -0.147. The second-order valence-corrected chi connectivity index (χ2v) is 10.2. The first-order chi connectivity index (χ1) is 16.1. The van der Waals surface area contributed by atoms with E-state index in [2.05, 4.69) is 16.0 Å². The van der Waals surface area contributed by atoms with E-state index in [0.717, 1.165) is 50.8 Å². The van der Waals surface area contributed by atoms with Gasteiger partial charge in [-0.1, -0.05) is 19.8 Å². The Bertz CT molecular complexity index is 1350. The van der Waals surface area contributed by atoms with Gasteiger partial charge in [0.15, 0.2) is 0 Å². The molecule has 0 saturated heterocycles. The summed E-state index contributed by atoms with van der Waals surface area (Å²) in [5, 5.41) is 10.7. The molecule has 7 nitrogen and oxygen atoms in total. The van der Waals surface area contributed by atoms with Crippen LogP contribution in [0.15, 0.2) is 35.5 Å². The number of aromatic nitrogens is 3. The van der Waals surface area contributed by atoms with E-state index in [4.69, 9.17) is 0 Å². The quantitative estimate of drug-likeness (QED) is 0.530. The zero-order chi connectivity index (χ0) is 24.7. The number of nitrogens with one attached hydrogen (secondary N) is 1. The van der Waals surface area contributed by atoms with Crippen molar-refractivity contribution in [3.8, 4) is 17.5 Å². The Morgan fingerprint density at radius 1 is 1.24 bits per heavy atom. The fraction of sp³-hybridized carbons (Fsp3) is 0.435. The van der Waals surface area contributed by atoms with Gasteiger partial charge in [-0.3, -0.25) is 4.98 Å². The van der Waals surface area contributed by atoms with Crippen molar-refractivity contribution in [3.63, 3.8) is 0 Å². The third kappa shape index (κ3) is 4.40. The van der Waals surface area contributed by atoms with Gasteiger partial charge in [-0.15, -0.1) is 0 Å². The van der Waals surface area contributed by atoms with Gasteiger partial charge >= 0.3 is 6.18 Å². The van der Waals surface area contributed by atoms with Crippen LogP contribution in [0.2, 0.25) is 0 Å². The number of aryl methyl sites for hydroxylation is 1. The Kier molecular flexibility index (Phi) is 6.40. The molecule has 3 aromatic heterocycles. The second-order valence-electron chi connectivity index (χ2n) is 8.48. The molecule has 1 atom stereocenters. The molecular weight excluding hydrogens is 467 g/mol. The van der Waals surface area contributed by atoms with Crippen LogP contribution in [0, 0.1) is 11.3 Å². The van der Waals surface area contributed by atoms with Gasteiger partial charge in [0.05, 0.1) is 17.0 Å².